The number of hydrogen-bond donors (Lipinski definition) is 3. The molecule has 18 heavy (non-hydrogen) atoms. The first-order chi connectivity index (χ1) is 8.52. The van der Waals surface area contributed by atoms with Gasteiger partial charge in [-0.3, -0.25) is 4.79 Å². The summed E-state index contributed by atoms with van der Waals surface area (Å²) in [5.41, 5.74) is 10.6. The van der Waals surface area contributed by atoms with Gasteiger partial charge in [-0.1, -0.05) is 0 Å². The van der Waals surface area contributed by atoms with Crippen LogP contribution in [0.3, 0.4) is 0 Å². The number of carbonyl (C=O) groups excluding carboxylic acids is 2. The van der Waals surface area contributed by atoms with Crippen molar-refractivity contribution in [3.8, 4) is 11.6 Å². The van der Waals surface area contributed by atoms with Gasteiger partial charge in [0.2, 0.25) is 5.76 Å². The summed E-state index contributed by atoms with van der Waals surface area (Å²) in [4.78, 5) is 28.7. The summed E-state index contributed by atoms with van der Waals surface area (Å²) in [6, 6.07) is 2.92. The lowest BCUT2D eigenvalue weighted by Crippen LogP contribution is -2.13. The van der Waals surface area contributed by atoms with Gasteiger partial charge < -0.3 is 25.6 Å². The first-order valence-electron chi connectivity index (χ1n) is 4.86. The van der Waals surface area contributed by atoms with E-state index < -0.39 is 11.9 Å². The molecule has 0 bridgehead atoms. The largest absolute Gasteiger partial charge is 0.463 e. The minimum atomic E-state index is -0.731. The molecule has 0 radical (unpaired) electrons. The third kappa shape index (κ3) is 1.90. The Morgan fingerprint density at radius 3 is 2.72 bits per heavy atom. The first kappa shape index (κ1) is 11.7. The fraction of sp³-hybridized carbons (Fsp3) is 0.100. The highest BCUT2D eigenvalue weighted by atomic mass is 16.5. The molecular formula is C10H10N4O4. The van der Waals surface area contributed by atoms with E-state index in [4.69, 9.17) is 15.9 Å². The lowest BCUT2D eigenvalue weighted by Gasteiger charge is -1.93. The topological polar surface area (TPSA) is 137 Å². The molecule has 2 rings (SSSR count). The molecular weight excluding hydrogens is 240 g/mol. The third-order valence-corrected chi connectivity index (χ3v) is 2.20. The number of nitrogens with one attached hydrogen (secondary N) is 1. The number of anilines is 1. The second-order valence-electron chi connectivity index (χ2n) is 3.37. The Morgan fingerprint density at radius 1 is 1.44 bits per heavy atom. The smallest absolute Gasteiger partial charge is 0.373 e. The highest BCUT2D eigenvalue weighted by Gasteiger charge is 2.17. The number of aromatic nitrogens is 2. The second kappa shape index (κ2) is 4.24. The Bertz CT molecular complexity index is 613. The van der Waals surface area contributed by atoms with Crippen LogP contribution in [-0.2, 0) is 4.74 Å². The van der Waals surface area contributed by atoms with Crippen LogP contribution in [0.4, 0.5) is 5.82 Å². The molecule has 8 nitrogen and oxygen atoms in total. The molecule has 8 heteroatoms. The van der Waals surface area contributed by atoms with Crippen molar-refractivity contribution in [1.82, 2.24) is 9.97 Å². The van der Waals surface area contributed by atoms with Crippen LogP contribution in [0.25, 0.3) is 11.6 Å². The molecule has 0 saturated heterocycles. The Kier molecular flexibility index (Phi) is 2.76. The number of esters is 1. The zero-order valence-electron chi connectivity index (χ0n) is 9.39. The number of imidazole rings is 1. The lowest BCUT2D eigenvalue weighted by molar-refractivity contribution is 0.0566. The monoisotopic (exact) mass is 250 g/mol. The number of aromatic amines is 1. The van der Waals surface area contributed by atoms with Crippen molar-refractivity contribution in [2.75, 3.05) is 12.8 Å². The molecule has 2 aromatic heterocycles. The molecule has 0 unspecified atom stereocenters. The molecule has 0 saturated carbocycles. The zero-order chi connectivity index (χ0) is 13.3. The Labute approximate surface area is 101 Å². The zero-order valence-corrected chi connectivity index (χ0v) is 9.39. The number of carbonyl (C=O) groups is 2. The van der Waals surface area contributed by atoms with Gasteiger partial charge in [-0.2, -0.15) is 0 Å². The Morgan fingerprint density at radius 2 is 2.17 bits per heavy atom. The van der Waals surface area contributed by atoms with E-state index in [1.165, 1.54) is 19.2 Å². The molecule has 0 aromatic carbocycles. The number of ether oxygens (including phenoxy) is 1. The SMILES string of the molecule is COC(=O)c1ccc(-c2nc(N)c(C(N)=O)[nH]2)o1. The van der Waals surface area contributed by atoms with Crippen LogP contribution in [0.15, 0.2) is 16.5 Å². The molecule has 0 aliphatic rings. The van der Waals surface area contributed by atoms with Crippen molar-refractivity contribution in [2.24, 2.45) is 5.73 Å². The number of nitrogens with zero attached hydrogens (tertiary/aromatic N) is 1. The molecule has 0 aliphatic carbocycles. The molecule has 0 aliphatic heterocycles. The van der Waals surface area contributed by atoms with Crippen molar-refractivity contribution >= 4 is 17.7 Å². The summed E-state index contributed by atoms with van der Waals surface area (Å²) < 4.78 is 9.69. The minimum absolute atomic E-state index is 0.0129. The van der Waals surface area contributed by atoms with E-state index in [2.05, 4.69) is 14.7 Å². The summed E-state index contributed by atoms with van der Waals surface area (Å²) >= 11 is 0. The maximum atomic E-state index is 11.2. The van der Waals surface area contributed by atoms with Gasteiger partial charge in [0.1, 0.15) is 5.69 Å². The maximum absolute atomic E-state index is 11.2. The number of primary amides is 1. The predicted molar refractivity (Wildman–Crippen MR) is 60.6 cm³/mol. The summed E-state index contributed by atoms with van der Waals surface area (Å²) in [6.07, 6.45) is 0. The van der Waals surface area contributed by atoms with Crippen LogP contribution < -0.4 is 11.5 Å². The number of H-pyrrole nitrogens is 1. The van der Waals surface area contributed by atoms with Gasteiger partial charge in [-0.05, 0) is 12.1 Å². The van der Waals surface area contributed by atoms with E-state index in [9.17, 15) is 9.59 Å². The molecule has 1 amide bonds. The van der Waals surface area contributed by atoms with Crippen LogP contribution in [0.1, 0.15) is 21.0 Å². The van der Waals surface area contributed by atoms with E-state index in [0.717, 1.165) is 0 Å². The molecule has 2 aromatic rings. The number of amides is 1. The second-order valence-corrected chi connectivity index (χ2v) is 3.37. The quantitative estimate of drug-likeness (QED) is 0.662. The van der Waals surface area contributed by atoms with E-state index in [1.807, 2.05) is 0 Å². The Balaban J connectivity index is 2.37. The van der Waals surface area contributed by atoms with Gasteiger partial charge in [-0.25, -0.2) is 9.78 Å². The van der Waals surface area contributed by atoms with Crippen molar-refractivity contribution in [3.63, 3.8) is 0 Å². The van der Waals surface area contributed by atoms with Gasteiger partial charge in [0.25, 0.3) is 5.91 Å². The molecule has 0 atom stereocenters. The number of nitrogen functional groups attached to an aromatic ring is 1. The Hall–Kier alpha value is -2.77. The van der Waals surface area contributed by atoms with Crippen molar-refractivity contribution in [3.05, 3.63) is 23.6 Å². The van der Waals surface area contributed by atoms with Crippen LogP contribution >= 0.6 is 0 Å². The highest BCUT2D eigenvalue weighted by Crippen LogP contribution is 2.22. The van der Waals surface area contributed by atoms with Gasteiger partial charge in [-0.15, -0.1) is 0 Å². The summed E-state index contributed by atoms with van der Waals surface area (Å²) in [5, 5.41) is 0. The summed E-state index contributed by atoms with van der Waals surface area (Å²) in [6.45, 7) is 0. The number of furan rings is 1. The standard InChI is InChI=1S/C10H10N4O4/c1-17-10(16)5-3-2-4(18-5)9-13-6(8(12)15)7(11)14-9/h2-3H,11H2,1H3,(H2,12,15)(H,13,14). The number of nitrogens with two attached hydrogens (primary N) is 2. The van der Waals surface area contributed by atoms with Crippen LogP contribution in [0, 0.1) is 0 Å². The fourth-order valence-corrected chi connectivity index (χ4v) is 1.37. The van der Waals surface area contributed by atoms with Gasteiger partial charge in [0, 0.05) is 0 Å². The average molecular weight is 250 g/mol. The van der Waals surface area contributed by atoms with Crippen LogP contribution in [-0.4, -0.2) is 29.0 Å². The average Bonchev–Trinajstić information content (AvgIpc) is 2.93. The minimum Gasteiger partial charge on any atom is -0.463 e. The molecule has 5 N–H and O–H groups in total. The lowest BCUT2D eigenvalue weighted by atomic mass is 10.4. The van der Waals surface area contributed by atoms with Crippen LogP contribution in [0.5, 0.6) is 0 Å². The van der Waals surface area contributed by atoms with Gasteiger partial charge in [0.05, 0.1) is 7.11 Å². The maximum Gasteiger partial charge on any atom is 0.373 e. The van der Waals surface area contributed by atoms with Gasteiger partial charge >= 0.3 is 5.97 Å². The number of methoxy groups -OCH3 is 1. The van der Waals surface area contributed by atoms with Crippen molar-refractivity contribution in [1.29, 1.82) is 0 Å². The van der Waals surface area contributed by atoms with E-state index >= 15 is 0 Å². The summed E-state index contributed by atoms with van der Waals surface area (Å²) in [5.74, 6) is -0.912. The number of rotatable bonds is 3. The van der Waals surface area contributed by atoms with Crippen LogP contribution in [0.2, 0.25) is 0 Å². The molecule has 0 fully saturated rings. The van der Waals surface area contributed by atoms with E-state index in [1.54, 1.807) is 0 Å². The van der Waals surface area contributed by atoms with Crippen molar-refractivity contribution < 1.29 is 18.7 Å². The predicted octanol–water partition coefficient (Wildman–Crippen LogP) is 0.137. The third-order valence-electron chi connectivity index (χ3n) is 2.20. The first-order valence-corrected chi connectivity index (χ1v) is 4.86. The fourth-order valence-electron chi connectivity index (χ4n) is 1.37. The normalized spacial score (nSPS) is 10.3. The number of hydrogen-bond acceptors (Lipinski definition) is 6. The summed E-state index contributed by atoms with van der Waals surface area (Å²) in [7, 11) is 1.24. The van der Waals surface area contributed by atoms with Gasteiger partial charge in [0.15, 0.2) is 17.4 Å². The van der Waals surface area contributed by atoms with Crippen molar-refractivity contribution in [2.45, 2.75) is 0 Å². The van der Waals surface area contributed by atoms with E-state index in [-0.39, 0.29) is 28.9 Å². The highest BCUT2D eigenvalue weighted by molar-refractivity contribution is 5.96. The molecule has 94 valence electrons. The van der Waals surface area contributed by atoms with E-state index in [0.29, 0.717) is 0 Å². The molecule has 0 spiro atoms. The molecule has 2 heterocycles.